The van der Waals surface area contributed by atoms with Crippen LogP contribution in [0.25, 0.3) is 0 Å². The summed E-state index contributed by atoms with van der Waals surface area (Å²) in [5.74, 6) is 1.24. The van der Waals surface area contributed by atoms with E-state index in [0.29, 0.717) is 11.8 Å². The Balaban J connectivity index is 1.93. The van der Waals surface area contributed by atoms with Crippen LogP contribution in [0.5, 0.6) is 0 Å². The molecule has 0 bridgehead atoms. The van der Waals surface area contributed by atoms with Gasteiger partial charge >= 0.3 is 0 Å². The number of aryl methyl sites for hydroxylation is 1. The minimum atomic E-state index is -0.124. The van der Waals surface area contributed by atoms with Crippen LogP contribution in [0.1, 0.15) is 42.9 Å². The van der Waals surface area contributed by atoms with Crippen molar-refractivity contribution in [2.75, 3.05) is 0 Å². The van der Waals surface area contributed by atoms with E-state index in [-0.39, 0.29) is 6.10 Å². The van der Waals surface area contributed by atoms with Crippen LogP contribution < -0.4 is 0 Å². The monoisotopic (exact) mass is 238 g/mol. The standard InChI is InChI=1S/C14H22OS/c1-3-11-7-8-12(16-11)9-14(15)13-6-4-5-10(13)2/h7-8,10,13-15H,3-6,9H2,1-2H3. The molecule has 1 aliphatic rings. The molecule has 0 radical (unpaired) electrons. The molecule has 3 unspecified atom stereocenters. The molecule has 3 atom stereocenters. The molecule has 2 rings (SSSR count). The molecular weight excluding hydrogens is 216 g/mol. The third-order valence-corrected chi connectivity index (χ3v) is 5.15. The smallest absolute Gasteiger partial charge is 0.0619 e. The molecule has 1 saturated carbocycles. The summed E-state index contributed by atoms with van der Waals surface area (Å²) in [6.07, 6.45) is 5.66. The van der Waals surface area contributed by atoms with Gasteiger partial charge in [0.1, 0.15) is 0 Å². The Labute approximate surface area is 103 Å². The molecule has 1 fully saturated rings. The zero-order chi connectivity index (χ0) is 11.5. The van der Waals surface area contributed by atoms with Crippen molar-refractivity contribution in [3.05, 3.63) is 21.9 Å². The predicted molar refractivity (Wildman–Crippen MR) is 69.9 cm³/mol. The average molecular weight is 238 g/mol. The minimum Gasteiger partial charge on any atom is -0.392 e. The molecule has 1 aromatic rings. The van der Waals surface area contributed by atoms with Crippen molar-refractivity contribution in [2.24, 2.45) is 11.8 Å². The van der Waals surface area contributed by atoms with Gasteiger partial charge in [0.05, 0.1) is 6.10 Å². The van der Waals surface area contributed by atoms with Crippen molar-refractivity contribution in [3.8, 4) is 0 Å². The second-order valence-corrected chi connectivity index (χ2v) is 6.32. The third kappa shape index (κ3) is 2.67. The lowest BCUT2D eigenvalue weighted by molar-refractivity contribution is 0.0909. The van der Waals surface area contributed by atoms with Gasteiger partial charge in [-0.25, -0.2) is 0 Å². The summed E-state index contributed by atoms with van der Waals surface area (Å²) in [5.41, 5.74) is 0. The van der Waals surface area contributed by atoms with Gasteiger partial charge in [-0.15, -0.1) is 11.3 Å². The summed E-state index contributed by atoms with van der Waals surface area (Å²) in [7, 11) is 0. The number of hydrogen-bond donors (Lipinski definition) is 1. The van der Waals surface area contributed by atoms with Gasteiger partial charge in [-0.1, -0.05) is 26.7 Å². The molecule has 0 spiro atoms. The van der Waals surface area contributed by atoms with Gasteiger partial charge in [-0.2, -0.15) is 0 Å². The Kier molecular flexibility index (Phi) is 4.04. The van der Waals surface area contributed by atoms with Gasteiger partial charge in [-0.3, -0.25) is 0 Å². The van der Waals surface area contributed by atoms with Crippen molar-refractivity contribution >= 4 is 11.3 Å². The fourth-order valence-electron chi connectivity index (χ4n) is 2.83. The third-order valence-electron chi connectivity index (χ3n) is 3.90. The van der Waals surface area contributed by atoms with Crippen molar-refractivity contribution in [1.82, 2.24) is 0 Å². The molecule has 0 aliphatic heterocycles. The second kappa shape index (κ2) is 5.33. The van der Waals surface area contributed by atoms with E-state index in [1.54, 1.807) is 0 Å². The number of rotatable bonds is 4. The van der Waals surface area contributed by atoms with Crippen LogP contribution >= 0.6 is 11.3 Å². The van der Waals surface area contributed by atoms with E-state index in [9.17, 15) is 5.11 Å². The highest BCUT2D eigenvalue weighted by molar-refractivity contribution is 7.11. The Morgan fingerprint density at radius 1 is 1.38 bits per heavy atom. The van der Waals surface area contributed by atoms with E-state index in [1.807, 2.05) is 11.3 Å². The van der Waals surface area contributed by atoms with Gasteiger partial charge in [0.15, 0.2) is 0 Å². The summed E-state index contributed by atoms with van der Waals surface area (Å²) in [4.78, 5) is 2.78. The largest absolute Gasteiger partial charge is 0.392 e. The maximum atomic E-state index is 10.3. The van der Waals surface area contributed by atoms with Crippen LogP contribution in [0.15, 0.2) is 12.1 Å². The summed E-state index contributed by atoms with van der Waals surface area (Å²) >= 11 is 1.86. The zero-order valence-electron chi connectivity index (χ0n) is 10.3. The fraction of sp³-hybridized carbons (Fsp3) is 0.714. The van der Waals surface area contributed by atoms with Crippen LogP contribution in [0.3, 0.4) is 0 Å². The molecule has 1 N–H and O–H groups in total. The van der Waals surface area contributed by atoms with Crippen LogP contribution in [-0.2, 0) is 12.8 Å². The predicted octanol–water partition coefficient (Wildman–Crippen LogP) is 3.65. The van der Waals surface area contributed by atoms with Crippen molar-refractivity contribution in [2.45, 2.75) is 52.1 Å². The first-order valence-electron chi connectivity index (χ1n) is 6.46. The van der Waals surface area contributed by atoms with Gasteiger partial charge in [0.2, 0.25) is 0 Å². The summed E-state index contributed by atoms with van der Waals surface area (Å²) < 4.78 is 0. The highest BCUT2D eigenvalue weighted by atomic mass is 32.1. The van der Waals surface area contributed by atoms with Crippen LogP contribution in [0.2, 0.25) is 0 Å². The molecule has 1 nitrogen and oxygen atoms in total. The van der Waals surface area contributed by atoms with E-state index in [4.69, 9.17) is 0 Å². The molecule has 1 aromatic heterocycles. The Morgan fingerprint density at radius 3 is 2.69 bits per heavy atom. The lowest BCUT2D eigenvalue weighted by Gasteiger charge is -2.21. The Hall–Kier alpha value is -0.340. The number of thiophene rings is 1. The first-order chi connectivity index (χ1) is 7.70. The average Bonchev–Trinajstić information content (AvgIpc) is 2.86. The van der Waals surface area contributed by atoms with Crippen molar-refractivity contribution < 1.29 is 5.11 Å². The molecule has 1 aliphatic carbocycles. The van der Waals surface area contributed by atoms with E-state index in [2.05, 4.69) is 26.0 Å². The van der Waals surface area contributed by atoms with Crippen molar-refractivity contribution in [3.63, 3.8) is 0 Å². The van der Waals surface area contributed by atoms with Gasteiger partial charge in [0, 0.05) is 16.2 Å². The fourth-order valence-corrected chi connectivity index (χ4v) is 3.83. The van der Waals surface area contributed by atoms with Crippen LogP contribution in [0, 0.1) is 11.8 Å². The molecule has 2 heteroatoms. The highest BCUT2D eigenvalue weighted by Gasteiger charge is 2.29. The maximum absolute atomic E-state index is 10.3. The lowest BCUT2D eigenvalue weighted by Crippen LogP contribution is -2.24. The molecule has 0 aromatic carbocycles. The number of aliphatic hydroxyl groups is 1. The lowest BCUT2D eigenvalue weighted by atomic mass is 9.90. The molecule has 1 heterocycles. The first kappa shape index (κ1) is 12.1. The highest BCUT2D eigenvalue weighted by Crippen LogP contribution is 2.35. The van der Waals surface area contributed by atoms with E-state index in [0.717, 1.165) is 12.8 Å². The Bertz CT molecular complexity index is 331. The van der Waals surface area contributed by atoms with Crippen LogP contribution in [-0.4, -0.2) is 11.2 Å². The van der Waals surface area contributed by atoms with Gasteiger partial charge < -0.3 is 5.11 Å². The second-order valence-electron chi connectivity index (χ2n) is 5.07. The number of hydrogen-bond acceptors (Lipinski definition) is 2. The quantitative estimate of drug-likeness (QED) is 0.849. The SMILES string of the molecule is CCc1ccc(CC(O)C2CCCC2C)s1. The topological polar surface area (TPSA) is 20.2 Å². The van der Waals surface area contributed by atoms with Gasteiger partial charge in [0.25, 0.3) is 0 Å². The molecule has 90 valence electrons. The van der Waals surface area contributed by atoms with Crippen molar-refractivity contribution in [1.29, 1.82) is 0 Å². The van der Waals surface area contributed by atoms with E-state index < -0.39 is 0 Å². The van der Waals surface area contributed by atoms with E-state index >= 15 is 0 Å². The molecule has 0 saturated heterocycles. The molecule has 16 heavy (non-hydrogen) atoms. The minimum absolute atomic E-state index is 0.124. The van der Waals surface area contributed by atoms with Gasteiger partial charge in [-0.05, 0) is 36.8 Å². The van der Waals surface area contributed by atoms with E-state index in [1.165, 1.54) is 29.0 Å². The normalized spacial score (nSPS) is 27.2. The first-order valence-corrected chi connectivity index (χ1v) is 7.28. The zero-order valence-corrected chi connectivity index (χ0v) is 11.1. The van der Waals surface area contributed by atoms with Crippen LogP contribution in [0.4, 0.5) is 0 Å². The molecule has 0 amide bonds. The summed E-state index contributed by atoms with van der Waals surface area (Å²) in [5, 5.41) is 10.3. The number of aliphatic hydroxyl groups excluding tert-OH is 1. The Morgan fingerprint density at radius 2 is 2.12 bits per heavy atom. The summed E-state index contributed by atoms with van der Waals surface area (Å²) in [6.45, 7) is 4.47. The maximum Gasteiger partial charge on any atom is 0.0619 e. The molecular formula is C14H22OS. The summed E-state index contributed by atoms with van der Waals surface area (Å²) in [6, 6.07) is 4.39.